The average Bonchev–Trinajstić information content (AvgIpc) is 2.88. The van der Waals surface area contributed by atoms with Crippen molar-refractivity contribution >= 4 is 22.2 Å². The van der Waals surface area contributed by atoms with Gasteiger partial charge in [0, 0.05) is 38.1 Å². The van der Waals surface area contributed by atoms with Gasteiger partial charge in [0.2, 0.25) is 12.3 Å². The van der Waals surface area contributed by atoms with E-state index in [9.17, 15) is 36.4 Å². The Kier molecular flexibility index (Phi) is 9.69. The third-order valence-corrected chi connectivity index (χ3v) is 7.95. The van der Waals surface area contributed by atoms with Gasteiger partial charge in [-0.25, -0.2) is 13.5 Å². The summed E-state index contributed by atoms with van der Waals surface area (Å²) in [7, 11) is -3.95. The molecule has 0 aromatic heterocycles. The van der Waals surface area contributed by atoms with Crippen LogP contribution in [0.3, 0.4) is 0 Å². The summed E-state index contributed by atoms with van der Waals surface area (Å²) < 4.78 is 72.5. The molecule has 0 aliphatic carbocycles. The van der Waals surface area contributed by atoms with Crippen LogP contribution in [0.2, 0.25) is 0 Å². The Morgan fingerprint density at radius 1 is 0.975 bits per heavy atom. The molecule has 2 aromatic rings. The van der Waals surface area contributed by atoms with Crippen molar-refractivity contribution in [2.24, 2.45) is 5.41 Å². The third-order valence-electron chi connectivity index (χ3n) is 6.14. The zero-order valence-corrected chi connectivity index (χ0v) is 23.1. The molecule has 2 aromatic carbocycles. The molecule has 3 rings (SSSR count). The number of piperazine rings is 1. The van der Waals surface area contributed by atoms with Gasteiger partial charge in [0.25, 0.3) is 0 Å². The van der Waals surface area contributed by atoms with E-state index in [0.29, 0.717) is 31.2 Å². The summed E-state index contributed by atoms with van der Waals surface area (Å²) in [5.41, 5.74) is -0.519. The van der Waals surface area contributed by atoms with E-state index in [2.05, 4.69) is 4.74 Å². The molecular weight excluding hydrogens is 555 g/mol. The number of hydrogen-bond acceptors (Lipinski definition) is 8. The number of sulfone groups is 1. The molecule has 0 radical (unpaired) electrons. The van der Waals surface area contributed by atoms with Crippen LogP contribution >= 0.6 is 0 Å². The molecule has 1 aliphatic rings. The summed E-state index contributed by atoms with van der Waals surface area (Å²) in [5.74, 6) is -0.507. The van der Waals surface area contributed by atoms with Crippen molar-refractivity contribution in [3.05, 3.63) is 48.5 Å². The van der Waals surface area contributed by atoms with Gasteiger partial charge in [-0.2, -0.15) is 0 Å². The number of carbonyl (C=O) groups excluding carboxylic acids is 2. The first kappa shape index (κ1) is 31.2. The van der Waals surface area contributed by atoms with E-state index >= 15 is 0 Å². The Hall–Kier alpha value is -3.36. The van der Waals surface area contributed by atoms with E-state index in [1.807, 2.05) is 25.7 Å². The second-order valence-electron chi connectivity index (χ2n) is 10.4. The van der Waals surface area contributed by atoms with Crippen molar-refractivity contribution in [2.75, 3.05) is 38.5 Å². The maximum atomic E-state index is 13.1. The number of hydrogen-bond donors (Lipinski definition) is 1. The van der Waals surface area contributed by atoms with Crippen LogP contribution in [0.25, 0.3) is 0 Å². The molecule has 10 nitrogen and oxygen atoms in total. The third kappa shape index (κ3) is 8.83. The molecule has 1 heterocycles. The van der Waals surface area contributed by atoms with Gasteiger partial charge in [-0.15, -0.1) is 13.2 Å². The first-order chi connectivity index (χ1) is 18.6. The number of rotatable bonds is 10. The summed E-state index contributed by atoms with van der Waals surface area (Å²) in [5, 5.41) is 10.5. The van der Waals surface area contributed by atoms with Crippen LogP contribution in [0.4, 0.5) is 13.2 Å². The normalized spacial score (nSPS) is 15.8. The zero-order valence-electron chi connectivity index (χ0n) is 22.3. The average molecular weight is 588 g/mol. The summed E-state index contributed by atoms with van der Waals surface area (Å²) in [4.78, 5) is 27.4. The molecule has 0 bridgehead atoms. The lowest BCUT2D eigenvalue weighted by Crippen LogP contribution is -2.55. The van der Waals surface area contributed by atoms with Gasteiger partial charge in [0.1, 0.15) is 17.2 Å². The second-order valence-corrected chi connectivity index (χ2v) is 12.4. The Labute approximate surface area is 230 Å². The van der Waals surface area contributed by atoms with Crippen LogP contribution in [0.1, 0.15) is 20.8 Å². The van der Waals surface area contributed by atoms with E-state index in [1.165, 1.54) is 36.4 Å². The number of alkyl halides is 3. The predicted molar refractivity (Wildman–Crippen MR) is 138 cm³/mol. The smallest absolute Gasteiger partial charge is 0.457 e. The Bertz CT molecular complexity index is 1260. The van der Waals surface area contributed by atoms with Crippen LogP contribution in [-0.4, -0.2) is 91.7 Å². The van der Waals surface area contributed by atoms with Crippen LogP contribution < -0.4 is 9.47 Å². The first-order valence-electron chi connectivity index (χ1n) is 12.4. The van der Waals surface area contributed by atoms with Gasteiger partial charge in [-0.05, 0) is 48.5 Å². The maximum absolute atomic E-state index is 13.1. The molecule has 1 aliphatic heterocycles. The number of carbonyl (C=O) groups is 2. The number of ether oxygens (including phenoxy) is 2. The summed E-state index contributed by atoms with van der Waals surface area (Å²) in [6, 6.07) is 8.99. The monoisotopic (exact) mass is 587 g/mol. The molecule has 0 saturated carbocycles. The molecule has 1 unspecified atom stereocenters. The molecule has 220 valence electrons. The molecular formula is C26H32F3N3O7S. The van der Waals surface area contributed by atoms with Crippen molar-refractivity contribution < 1.29 is 45.9 Å². The minimum absolute atomic E-state index is 0.0165. The Morgan fingerprint density at radius 3 is 1.95 bits per heavy atom. The molecule has 1 fully saturated rings. The van der Waals surface area contributed by atoms with E-state index in [4.69, 9.17) is 4.74 Å². The second kappa shape index (κ2) is 12.4. The highest BCUT2D eigenvalue weighted by atomic mass is 32.2. The largest absolute Gasteiger partial charge is 0.573 e. The minimum atomic E-state index is -4.82. The van der Waals surface area contributed by atoms with E-state index in [1.54, 1.807) is 4.90 Å². The summed E-state index contributed by atoms with van der Waals surface area (Å²) in [6.45, 7) is 7.40. The van der Waals surface area contributed by atoms with Crippen molar-refractivity contribution in [1.29, 1.82) is 0 Å². The van der Waals surface area contributed by atoms with Gasteiger partial charge < -0.3 is 14.4 Å². The summed E-state index contributed by atoms with van der Waals surface area (Å²) >= 11 is 0. The highest BCUT2D eigenvalue weighted by Crippen LogP contribution is 2.28. The van der Waals surface area contributed by atoms with E-state index in [0.717, 1.165) is 12.1 Å². The van der Waals surface area contributed by atoms with Crippen LogP contribution in [0, 0.1) is 5.41 Å². The molecule has 1 N–H and O–H groups in total. The highest BCUT2D eigenvalue weighted by Gasteiger charge is 2.33. The predicted octanol–water partition coefficient (Wildman–Crippen LogP) is 3.56. The van der Waals surface area contributed by atoms with Crippen molar-refractivity contribution in [3.8, 4) is 17.2 Å². The molecule has 0 spiro atoms. The van der Waals surface area contributed by atoms with Gasteiger partial charge in [0.05, 0.1) is 16.7 Å². The number of benzene rings is 2. The quantitative estimate of drug-likeness (QED) is 0.255. The highest BCUT2D eigenvalue weighted by molar-refractivity contribution is 7.91. The van der Waals surface area contributed by atoms with E-state index in [-0.39, 0.29) is 35.3 Å². The van der Waals surface area contributed by atoms with Gasteiger partial charge in [0.15, 0.2) is 9.84 Å². The van der Waals surface area contributed by atoms with Crippen LogP contribution in [-0.2, 0) is 19.4 Å². The molecule has 1 atom stereocenters. The fraction of sp³-hybridized carbons (Fsp3) is 0.462. The maximum Gasteiger partial charge on any atom is 0.573 e. The van der Waals surface area contributed by atoms with Crippen molar-refractivity contribution in [2.45, 2.75) is 38.1 Å². The molecule has 14 heteroatoms. The minimum Gasteiger partial charge on any atom is -0.457 e. The van der Waals surface area contributed by atoms with Gasteiger partial charge in [-0.3, -0.25) is 19.7 Å². The Balaban J connectivity index is 1.62. The number of halogens is 3. The van der Waals surface area contributed by atoms with E-state index < -0.39 is 39.2 Å². The first-order valence-corrected chi connectivity index (χ1v) is 14.0. The van der Waals surface area contributed by atoms with Crippen LogP contribution in [0.5, 0.6) is 17.2 Å². The number of amides is 2. The topological polar surface area (TPSA) is 117 Å². The fourth-order valence-electron chi connectivity index (χ4n) is 4.11. The lowest BCUT2D eigenvalue weighted by Gasteiger charge is -2.39. The standard InChI is InChI=1S/C26H32F3N3O7S/c1-25(2,3)24(34)31-14-12-30(13-15-31)16-19(32(35)18-33)17-40(36,37)23-10-8-21(9-11-23)38-20-4-6-22(7-5-20)39-26(27,28)29/h4-11,18-19,35H,12-17H2,1-3H3. The van der Waals surface area contributed by atoms with Crippen molar-refractivity contribution in [3.63, 3.8) is 0 Å². The van der Waals surface area contributed by atoms with Crippen molar-refractivity contribution in [1.82, 2.24) is 14.9 Å². The lowest BCUT2D eigenvalue weighted by molar-refractivity contribution is -0.274. The summed E-state index contributed by atoms with van der Waals surface area (Å²) in [6.07, 6.45) is -4.66. The zero-order chi connectivity index (χ0) is 29.7. The molecule has 40 heavy (non-hydrogen) atoms. The number of nitrogens with zero attached hydrogens (tertiary/aromatic N) is 3. The SMILES string of the molecule is CC(C)(C)C(=O)N1CCN(CC(CS(=O)(=O)c2ccc(Oc3ccc(OC(F)(F)F)cc3)cc2)N(O)C=O)CC1. The van der Waals surface area contributed by atoms with Crippen LogP contribution in [0.15, 0.2) is 53.4 Å². The molecule has 1 saturated heterocycles. The Morgan fingerprint density at radius 2 is 1.48 bits per heavy atom. The molecule has 2 amide bonds. The fourth-order valence-corrected chi connectivity index (χ4v) is 5.62. The lowest BCUT2D eigenvalue weighted by atomic mass is 9.94. The van der Waals surface area contributed by atoms with Gasteiger partial charge >= 0.3 is 6.36 Å². The number of hydroxylamine groups is 2. The van der Waals surface area contributed by atoms with Gasteiger partial charge in [-0.1, -0.05) is 20.8 Å².